The van der Waals surface area contributed by atoms with Crippen molar-refractivity contribution in [3.8, 4) is 0 Å². The summed E-state index contributed by atoms with van der Waals surface area (Å²) in [6.07, 6.45) is 3.17. The van der Waals surface area contributed by atoms with Crippen molar-refractivity contribution < 1.29 is 19.4 Å². The van der Waals surface area contributed by atoms with Crippen molar-refractivity contribution in [3.63, 3.8) is 0 Å². The molecule has 110 valence electrons. The van der Waals surface area contributed by atoms with Gasteiger partial charge in [-0.15, -0.1) is 0 Å². The van der Waals surface area contributed by atoms with E-state index < -0.39 is 18.0 Å². The maximum absolute atomic E-state index is 11.5. The van der Waals surface area contributed by atoms with Gasteiger partial charge in [-0.05, 0) is 24.7 Å². The lowest BCUT2D eigenvalue weighted by Gasteiger charge is -2.20. The Morgan fingerprint density at radius 3 is 2.63 bits per heavy atom. The Hall–Kier alpha value is -1.30. The minimum absolute atomic E-state index is 0.102. The molecule has 2 unspecified atom stereocenters. The molecule has 1 aliphatic rings. The first-order valence-electron chi connectivity index (χ1n) is 6.89. The molecule has 1 fully saturated rings. The molecule has 0 aromatic carbocycles. The van der Waals surface area contributed by atoms with Crippen LogP contribution in [0.25, 0.3) is 0 Å². The molecule has 0 spiro atoms. The van der Waals surface area contributed by atoms with E-state index in [9.17, 15) is 9.59 Å². The fraction of sp³-hybridized carbons (Fsp3) is 0.846. The lowest BCUT2D eigenvalue weighted by atomic mass is 9.99. The highest BCUT2D eigenvalue weighted by Crippen LogP contribution is 2.28. The number of hydrogen-bond donors (Lipinski definition) is 3. The summed E-state index contributed by atoms with van der Waals surface area (Å²) in [5, 5.41) is 14.1. The zero-order valence-electron chi connectivity index (χ0n) is 11.6. The molecule has 0 heterocycles. The second kappa shape index (κ2) is 7.99. The number of carboxylic acids is 1. The Labute approximate surface area is 113 Å². The lowest BCUT2D eigenvalue weighted by Crippen LogP contribution is -2.49. The lowest BCUT2D eigenvalue weighted by molar-refractivity contribution is -0.140. The third-order valence-electron chi connectivity index (χ3n) is 3.35. The molecule has 6 heteroatoms. The van der Waals surface area contributed by atoms with Gasteiger partial charge >= 0.3 is 12.0 Å². The van der Waals surface area contributed by atoms with E-state index >= 15 is 0 Å². The largest absolute Gasteiger partial charge is 0.480 e. The number of hydrogen-bond acceptors (Lipinski definition) is 3. The van der Waals surface area contributed by atoms with E-state index in [0.29, 0.717) is 25.5 Å². The molecule has 3 N–H and O–H groups in total. The summed E-state index contributed by atoms with van der Waals surface area (Å²) in [6, 6.07) is -1.31. The van der Waals surface area contributed by atoms with Gasteiger partial charge in [-0.3, -0.25) is 0 Å². The molecular weight excluding hydrogens is 248 g/mol. The van der Waals surface area contributed by atoms with Crippen molar-refractivity contribution in [1.29, 1.82) is 0 Å². The normalized spacial score (nSPS) is 17.6. The SMILES string of the molecule is CCC(C)C(NC(=O)NCCOCC1CC1)C(=O)O. The Morgan fingerprint density at radius 1 is 1.42 bits per heavy atom. The number of carbonyl (C=O) groups excluding carboxylic acids is 1. The molecule has 0 aromatic heterocycles. The molecule has 2 amide bonds. The molecule has 0 saturated heterocycles. The van der Waals surface area contributed by atoms with Crippen LogP contribution >= 0.6 is 0 Å². The average molecular weight is 272 g/mol. The fourth-order valence-corrected chi connectivity index (χ4v) is 1.65. The summed E-state index contributed by atoms with van der Waals surface area (Å²) >= 11 is 0. The standard InChI is InChI=1S/C13H24N2O4/c1-3-9(2)11(12(16)17)15-13(18)14-6-7-19-8-10-4-5-10/h9-11H,3-8H2,1-2H3,(H,16,17)(H2,14,15,18). The van der Waals surface area contributed by atoms with Crippen LogP contribution in [0.1, 0.15) is 33.1 Å². The van der Waals surface area contributed by atoms with E-state index in [4.69, 9.17) is 9.84 Å². The van der Waals surface area contributed by atoms with Gasteiger partial charge in [0.15, 0.2) is 0 Å². The molecule has 1 saturated carbocycles. The van der Waals surface area contributed by atoms with Gasteiger partial charge in [0, 0.05) is 13.2 Å². The van der Waals surface area contributed by atoms with Crippen molar-refractivity contribution in [2.45, 2.75) is 39.2 Å². The van der Waals surface area contributed by atoms with Gasteiger partial charge in [0.05, 0.1) is 6.61 Å². The summed E-state index contributed by atoms with van der Waals surface area (Å²) in [6.45, 7) is 5.31. The van der Waals surface area contributed by atoms with Crippen LogP contribution in [-0.4, -0.2) is 42.9 Å². The van der Waals surface area contributed by atoms with Crippen LogP contribution in [0.4, 0.5) is 4.79 Å². The quantitative estimate of drug-likeness (QED) is 0.551. The van der Waals surface area contributed by atoms with E-state index in [1.165, 1.54) is 12.8 Å². The van der Waals surface area contributed by atoms with Crippen molar-refractivity contribution in [2.24, 2.45) is 11.8 Å². The molecule has 0 aliphatic heterocycles. The highest BCUT2D eigenvalue weighted by atomic mass is 16.5. The van der Waals surface area contributed by atoms with E-state index in [0.717, 1.165) is 6.61 Å². The van der Waals surface area contributed by atoms with Gasteiger partial charge in [-0.2, -0.15) is 0 Å². The van der Waals surface area contributed by atoms with E-state index in [1.807, 2.05) is 6.92 Å². The zero-order valence-corrected chi connectivity index (χ0v) is 11.6. The molecule has 1 aliphatic carbocycles. The Morgan fingerprint density at radius 2 is 2.11 bits per heavy atom. The molecule has 0 bridgehead atoms. The first kappa shape index (κ1) is 15.8. The van der Waals surface area contributed by atoms with Gasteiger partial charge in [-0.1, -0.05) is 20.3 Å². The number of carbonyl (C=O) groups is 2. The number of amides is 2. The fourth-order valence-electron chi connectivity index (χ4n) is 1.65. The van der Waals surface area contributed by atoms with Crippen molar-refractivity contribution >= 4 is 12.0 Å². The highest BCUT2D eigenvalue weighted by molar-refractivity contribution is 5.82. The highest BCUT2D eigenvalue weighted by Gasteiger charge is 2.25. The second-order valence-electron chi connectivity index (χ2n) is 5.12. The molecule has 1 rings (SSSR count). The van der Waals surface area contributed by atoms with E-state index in [-0.39, 0.29) is 5.92 Å². The number of carboxylic acid groups (broad SMARTS) is 1. The summed E-state index contributed by atoms with van der Waals surface area (Å²) in [4.78, 5) is 22.6. The molecular formula is C13H24N2O4. The van der Waals surface area contributed by atoms with Crippen LogP contribution in [0.5, 0.6) is 0 Å². The van der Waals surface area contributed by atoms with Crippen LogP contribution in [0.15, 0.2) is 0 Å². The second-order valence-corrected chi connectivity index (χ2v) is 5.12. The summed E-state index contributed by atoms with van der Waals surface area (Å²) in [7, 11) is 0. The monoisotopic (exact) mass is 272 g/mol. The summed E-state index contributed by atoms with van der Waals surface area (Å²) in [5.41, 5.74) is 0. The van der Waals surface area contributed by atoms with Crippen LogP contribution in [0.3, 0.4) is 0 Å². The maximum Gasteiger partial charge on any atom is 0.326 e. The van der Waals surface area contributed by atoms with Crippen molar-refractivity contribution in [3.05, 3.63) is 0 Å². The third kappa shape index (κ3) is 6.42. The first-order valence-corrected chi connectivity index (χ1v) is 6.89. The smallest absolute Gasteiger partial charge is 0.326 e. The molecule has 0 radical (unpaired) electrons. The van der Waals surface area contributed by atoms with Crippen LogP contribution < -0.4 is 10.6 Å². The van der Waals surface area contributed by atoms with Crippen molar-refractivity contribution in [2.75, 3.05) is 19.8 Å². The summed E-state index contributed by atoms with van der Waals surface area (Å²) in [5.74, 6) is -0.403. The number of urea groups is 1. The number of nitrogens with one attached hydrogen (secondary N) is 2. The van der Waals surface area contributed by atoms with Crippen LogP contribution in [-0.2, 0) is 9.53 Å². The Balaban J connectivity index is 2.14. The first-order chi connectivity index (χ1) is 9.04. The number of aliphatic carboxylic acids is 1. The predicted molar refractivity (Wildman–Crippen MR) is 71.0 cm³/mol. The summed E-state index contributed by atoms with van der Waals surface area (Å²) < 4.78 is 5.37. The van der Waals surface area contributed by atoms with Crippen LogP contribution in [0, 0.1) is 11.8 Å². The van der Waals surface area contributed by atoms with Gasteiger partial charge in [0.1, 0.15) is 6.04 Å². The number of rotatable bonds is 9. The maximum atomic E-state index is 11.5. The average Bonchev–Trinajstić information content (AvgIpc) is 3.18. The van der Waals surface area contributed by atoms with Gasteiger partial charge in [-0.25, -0.2) is 9.59 Å². The molecule has 0 aromatic rings. The molecule has 2 atom stereocenters. The zero-order chi connectivity index (χ0) is 14.3. The minimum atomic E-state index is -1.01. The van der Waals surface area contributed by atoms with Crippen LogP contribution in [0.2, 0.25) is 0 Å². The number of ether oxygens (including phenoxy) is 1. The Bertz CT molecular complexity index is 305. The molecule has 6 nitrogen and oxygen atoms in total. The van der Waals surface area contributed by atoms with Crippen molar-refractivity contribution in [1.82, 2.24) is 10.6 Å². The third-order valence-corrected chi connectivity index (χ3v) is 3.35. The van der Waals surface area contributed by atoms with E-state index in [1.54, 1.807) is 6.92 Å². The van der Waals surface area contributed by atoms with Gasteiger partial charge < -0.3 is 20.5 Å². The minimum Gasteiger partial charge on any atom is -0.480 e. The van der Waals surface area contributed by atoms with Gasteiger partial charge in [0.25, 0.3) is 0 Å². The molecule has 19 heavy (non-hydrogen) atoms. The Kier molecular flexibility index (Phi) is 6.62. The predicted octanol–water partition coefficient (Wildman–Crippen LogP) is 1.21. The topological polar surface area (TPSA) is 87.7 Å². The van der Waals surface area contributed by atoms with Gasteiger partial charge in [0.2, 0.25) is 0 Å². The van der Waals surface area contributed by atoms with E-state index in [2.05, 4.69) is 10.6 Å².